The van der Waals surface area contributed by atoms with Crippen molar-refractivity contribution in [1.82, 2.24) is 10.6 Å². The summed E-state index contributed by atoms with van der Waals surface area (Å²) in [4.78, 5) is 11.9. The van der Waals surface area contributed by atoms with E-state index in [9.17, 15) is 9.90 Å². The molecular formula is C14H29ClN2O2. The Labute approximate surface area is 123 Å². The zero-order valence-corrected chi connectivity index (χ0v) is 13.0. The highest BCUT2D eigenvalue weighted by atomic mass is 35.5. The maximum Gasteiger partial charge on any atom is 0.237 e. The second kappa shape index (κ2) is 10.5. The zero-order valence-electron chi connectivity index (χ0n) is 12.2. The number of β-amino-alcohol motifs (C(OH)–C–C–N with tert-alkyl or cyclic N) is 1. The van der Waals surface area contributed by atoms with Crippen molar-refractivity contribution in [3.8, 4) is 0 Å². The van der Waals surface area contributed by atoms with Crippen LogP contribution < -0.4 is 10.6 Å². The average Bonchev–Trinajstić information content (AvgIpc) is 2.79. The standard InChI is InChI=1S/C14H28N2O2.ClH/c1-3-5-7-11(6-4-2)9-16-14(18)13-8-12(17)10-15-13;/h11-13,15,17H,3-10H2,1-2H3,(H,16,18);1H. The Morgan fingerprint density at radius 2 is 2.11 bits per heavy atom. The van der Waals surface area contributed by atoms with E-state index in [1.165, 1.54) is 32.1 Å². The number of unbranched alkanes of at least 4 members (excludes halogenated alkanes) is 1. The van der Waals surface area contributed by atoms with E-state index in [2.05, 4.69) is 24.5 Å². The molecule has 3 N–H and O–H groups in total. The van der Waals surface area contributed by atoms with Gasteiger partial charge in [0.05, 0.1) is 12.1 Å². The van der Waals surface area contributed by atoms with Gasteiger partial charge in [-0.15, -0.1) is 12.4 Å². The molecule has 0 aliphatic carbocycles. The van der Waals surface area contributed by atoms with E-state index < -0.39 is 0 Å². The molecule has 0 radical (unpaired) electrons. The van der Waals surface area contributed by atoms with Gasteiger partial charge in [0.15, 0.2) is 0 Å². The van der Waals surface area contributed by atoms with Gasteiger partial charge in [0.25, 0.3) is 0 Å². The fraction of sp³-hybridized carbons (Fsp3) is 0.929. The molecule has 1 aliphatic rings. The summed E-state index contributed by atoms with van der Waals surface area (Å²) in [6.07, 6.45) is 6.18. The number of hydrogen-bond acceptors (Lipinski definition) is 3. The Balaban J connectivity index is 0.00000324. The van der Waals surface area contributed by atoms with Crippen molar-refractivity contribution < 1.29 is 9.90 Å². The van der Waals surface area contributed by atoms with Crippen molar-refractivity contribution in [2.45, 2.75) is 64.5 Å². The summed E-state index contributed by atoms with van der Waals surface area (Å²) in [6.45, 7) is 5.70. The quantitative estimate of drug-likeness (QED) is 0.640. The SMILES string of the molecule is CCCCC(CCC)CNC(=O)C1CC(O)CN1.Cl. The van der Waals surface area contributed by atoms with Gasteiger partial charge in [-0.1, -0.05) is 33.1 Å². The molecule has 3 unspecified atom stereocenters. The minimum Gasteiger partial charge on any atom is -0.392 e. The Morgan fingerprint density at radius 3 is 2.63 bits per heavy atom. The van der Waals surface area contributed by atoms with Crippen LogP contribution in [-0.4, -0.2) is 36.2 Å². The molecule has 0 aromatic heterocycles. The molecule has 1 amide bonds. The van der Waals surface area contributed by atoms with E-state index in [1.54, 1.807) is 0 Å². The molecule has 0 aromatic carbocycles. The topological polar surface area (TPSA) is 61.4 Å². The molecule has 0 aromatic rings. The van der Waals surface area contributed by atoms with Crippen LogP contribution in [0.5, 0.6) is 0 Å². The highest BCUT2D eigenvalue weighted by molar-refractivity contribution is 5.85. The molecule has 3 atom stereocenters. The molecule has 1 fully saturated rings. The number of aliphatic hydroxyl groups excluding tert-OH is 1. The Morgan fingerprint density at radius 1 is 1.37 bits per heavy atom. The van der Waals surface area contributed by atoms with E-state index >= 15 is 0 Å². The number of rotatable bonds is 8. The fourth-order valence-electron chi connectivity index (χ4n) is 2.53. The molecule has 5 heteroatoms. The monoisotopic (exact) mass is 292 g/mol. The van der Waals surface area contributed by atoms with Crippen LogP contribution in [0.4, 0.5) is 0 Å². The van der Waals surface area contributed by atoms with Crippen LogP contribution >= 0.6 is 12.4 Å². The third-order valence-corrected chi connectivity index (χ3v) is 3.65. The maximum absolute atomic E-state index is 11.9. The summed E-state index contributed by atoms with van der Waals surface area (Å²) < 4.78 is 0. The summed E-state index contributed by atoms with van der Waals surface area (Å²) in [7, 11) is 0. The normalized spacial score (nSPS) is 23.7. The lowest BCUT2D eigenvalue weighted by atomic mass is 9.97. The molecule has 19 heavy (non-hydrogen) atoms. The van der Waals surface area contributed by atoms with Gasteiger partial charge in [0.1, 0.15) is 0 Å². The average molecular weight is 293 g/mol. The highest BCUT2D eigenvalue weighted by Crippen LogP contribution is 2.14. The van der Waals surface area contributed by atoms with Crippen LogP contribution in [0.3, 0.4) is 0 Å². The van der Waals surface area contributed by atoms with Gasteiger partial charge in [-0.05, 0) is 25.2 Å². The van der Waals surface area contributed by atoms with Gasteiger partial charge < -0.3 is 15.7 Å². The fourth-order valence-corrected chi connectivity index (χ4v) is 2.53. The second-order valence-corrected chi connectivity index (χ2v) is 5.39. The van der Waals surface area contributed by atoms with Gasteiger partial charge in [-0.25, -0.2) is 0 Å². The molecule has 4 nitrogen and oxygen atoms in total. The number of aliphatic hydroxyl groups is 1. The van der Waals surface area contributed by atoms with E-state index in [0.717, 1.165) is 6.54 Å². The Kier molecular flexibility index (Phi) is 10.3. The summed E-state index contributed by atoms with van der Waals surface area (Å²) >= 11 is 0. The van der Waals surface area contributed by atoms with Crippen LogP contribution in [0.25, 0.3) is 0 Å². The number of hydrogen-bond donors (Lipinski definition) is 3. The van der Waals surface area contributed by atoms with E-state index in [0.29, 0.717) is 18.9 Å². The van der Waals surface area contributed by atoms with Gasteiger partial charge in [-0.3, -0.25) is 4.79 Å². The molecular weight excluding hydrogens is 264 g/mol. The van der Waals surface area contributed by atoms with Crippen molar-refractivity contribution in [3.63, 3.8) is 0 Å². The zero-order chi connectivity index (χ0) is 13.4. The summed E-state index contributed by atoms with van der Waals surface area (Å²) in [6, 6.07) is -0.201. The number of carbonyl (C=O) groups excluding carboxylic acids is 1. The third kappa shape index (κ3) is 7.14. The van der Waals surface area contributed by atoms with Gasteiger partial charge >= 0.3 is 0 Å². The van der Waals surface area contributed by atoms with Crippen LogP contribution in [0.1, 0.15) is 52.4 Å². The summed E-state index contributed by atoms with van der Waals surface area (Å²) in [5.74, 6) is 0.648. The number of nitrogens with one attached hydrogen (secondary N) is 2. The third-order valence-electron chi connectivity index (χ3n) is 3.65. The largest absolute Gasteiger partial charge is 0.392 e. The van der Waals surface area contributed by atoms with Gasteiger partial charge in [-0.2, -0.15) is 0 Å². The highest BCUT2D eigenvalue weighted by Gasteiger charge is 2.27. The first-order valence-corrected chi connectivity index (χ1v) is 7.36. The van der Waals surface area contributed by atoms with Crippen molar-refractivity contribution in [2.24, 2.45) is 5.92 Å². The maximum atomic E-state index is 11.9. The lowest BCUT2D eigenvalue weighted by molar-refractivity contribution is -0.123. The Bertz CT molecular complexity index is 252. The lowest BCUT2D eigenvalue weighted by Crippen LogP contribution is -2.42. The first-order valence-electron chi connectivity index (χ1n) is 7.36. The first-order chi connectivity index (χ1) is 8.67. The molecule has 1 aliphatic heterocycles. The minimum absolute atomic E-state index is 0. The first kappa shape index (κ1) is 18.7. The van der Waals surface area contributed by atoms with Crippen molar-refractivity contribution in [2.75, 3.05) is 13.1 Å². The van der Waals surface area contributed by atoms with Crippen LogP contribution in [0.2, 0.25) is 0 Å². The van der Waals surface area contributed by atoms with Gasteiger partial charge in [0, 0.05) is 13.1 Å². The van der Waals surface area contributed by atoms with Crippen molar-refractivity contribution >= 4 is 18.3 Å². The number of amides is 1. The minimum atomic E-state index is -0.368. The Hall–Kier alpha value is -0.320. The molecule has 0 bridgehead atoms. The second-order valence-electron chi connectivity index (χ2n) is 5.39. The van der Waals surface area contributed by atoms with Crippen LogP contribution in [-0.2, 0) is 4.79 Å². The lowest BCUT2D eigenvalue weighted by Gasteiger charge is -2.18. The molecule has 0 saturated carbocycles. The van der Waals surface area contributed by atoms with Crippen molar-refractivity contribution in [1.29, 1.82) is 0 Å². The van der Waals surface area contributed by atoms with E-state index in [1.807, 2.05) is 0 Å². The number of halogens is 1. The van der Waals surface area contributed by atoms with E-state index in [4.69, 9.17) is 0 Å². The molecule has 1 saturated heterocycles. The van der Waals surface area contributed by atoms with Crippen molar-refractivity contribution in [3.05, 3.63) is 0 Å². The number of carbonyl (C=O) groups is 1. The van der Waals surface area contributed by atoms with E-state index in [-0.39, 0.29) is 30.5 Å². The van der Waals surface area contributed by atoms with Crippen LogP contribution in [0.15, 0.2) is 0 Å². The molecule has 0 spiro atoms. The van der Waals surface area contributed by atoms with Gasteiger partial charge in [0.2, 0.25) is 5.91 Å². The predicted octanol–water partition coefficient (Wildman–Crippen LogP) is 1.85. The van der Waals surface area contributed by atoms with Crippen LogP contribution in [0, 0.1) is 5.92 Å². The summed E-state index contributed by atoms with van der Waals surface area (Å²) in [5, 5.41) is 15.5. The predicted molar refractivity (Wildman–Crippen MR) is 80.6 cm³/mol. The molecule has 1 rings (SSSR count). The molecule has 114 valence electrons. The summed E-state index contributed by atoms with van der Waals surface area (Å²) in [5.41, 5.74) is 0. The smallest absolute Gasteiger partial charge is 0.237 e. The molecule has 1 heterocycles.